The van der Waals surface area contributed by atoms with Crippen LogP contribution in [-0.2, 0) is 10.0 Å². The van der Waals surface area contributed by atoms with Gasteiger partial charge in [-0.1, -0.05) is 17.7 Å². The van der Waals surface area contributed by atoms with Gasteiger partial charge < -0.3 is 0 Å². The molecule has 0 N–H and O–H groups in total. The van der Waals surface area contributed by atoms with Crippen LogP contribution in [0.2, 0.25) is 0 Å². The van der Waals surface area contributed by atoms with E-state index in [0.717, 1.165) is 20.0 Å². The molecule has 2 heterocycles. The highest BCUT2D eigenvalue weighted by Crippen LogP contribution is 2.29. The Labute approximate surface area is 115 Å². The monoisotopic (exact) mass is 295 g/mol. The number of rotatable bonds is 1. The van der Waals surface area contributed by atoms with E-state index in [1.165, 1.54) is 11.3 Å². The minimum atomic E-state index is -3.39. The summed E-state index contributed by atoms with van der Waals surface area (Å²) in [5.41, 5.74) is 1.12. The van der Waals surface area contributed by atoms with Crippen molar-refractivity contribution in [1.29, 1.82) is 0 Å². The summed E-state index contributed by atoms with van der Waals surface area (Å²) in [7, 11) is -3.39. The number of carbonyl (C=O) groups is 1. The maximum atomic E-state index is 12.3. The van der Waals surface area contributed by atoms with E-state index >= 15 is 0 Å². The van der Waals surface area contributed by atoms with E-state index in [1.54, 1.807) is 6.07 Å². The molecule has 6 heteroatoms. The van der Waals surface area contributed by atoms with Crippen molar-refractivity contribution in [1.82, 2.24) is 4.31 Å². The fraction of sp³-hybridized carbons (Fsp3) is 0.308. The summed E-state index contributed by atoms with van der Waals surface area (Å²) in [5, 5.41) is 0.991. The van der Waals surface area contributed by atoms with Crippen LogP contribution in [0.4, 0.5) is 0 Å². The molecule has 1 aromatic carbocycles. The van der Waals surface area contributed by atoms with Gasteiger partial charge in [-0.15, -0.1) is 11.3 Å². The van der Waals surface area contributed by atoms with E-state index in [4.69, 9.17) is 0 Å². The van der Waals surface area contributed by atoms with Crippen molar-refractivity contribution in [2.24, 2.45) is 0 Å². The standard InChI is InChI=1S/C13H13NO3S2/c1-9-3-4-11-10(7-9)8-12(18-11)13(15)14-5-2-6-19(14,16)17/h3-4,7-8H,2,5-6H2,1H3. The van der Waals surface area contributed by atoms with Crippen molar-refractivity contribution >= 4 is 37.4 Å². The van der Waals surface area contributed by atoms with Crippen molar-refractivity contribution in [3.05, 3.63) is 34.7 Å². The summed E-state index contributed by atoms with van der Waals surface area (Å²) in [6.07, 6.45) is 0.526. The van der Waals surface area contributed by atoms with Gasteiger partial charge in [0.15, 0.2) is 0 Å². The molecule has 2 aromatic rings. The first-order valence-corrected chi connectivity index (χ1v) is 8.45. The fourth-order valence-corrected chi connectivity index (χ4v) is 4.78. The Bertz CT molecular complexity index is 761. The van der Waals surface area contributed by atoms with Crippen molar-refractivity contribution in [2.75, 3.05) is 12.3 Å². The minimum absolute atomic E-state index is 0.0722. The molecule has 0 bridgehead atoms. The molecule has 4 nitrogen and oxygen atoms in total. The highest BCUT2D eigenvalue weighted by Gasteiger charge is 2.33. The lowest BCUT2D eigenvalue weighted by Crippen LogP contribution is -2.31. The molecule has 1 amide bonds. The van der Waals surface area contributed by atoms with Crippen LogP contribution in [0.15, 0.2) is 24.3 Å². The van der Waals surface area contributed by atoms with E-state index in [2.05, 4.69) is 0 Å². The first-order chi connectivity index (χ1) is 8.97. The van der Waals surface area contributed by atoms with Gasteiger partial charge in [-0.05, 0) is 30.9 Å². The normalized spacial score (nSPS) is 18.1. The van der Waals surface area contributed by atoms with Gasteiger partial charge in [-0.2, -0.15) is 0 Å². The number of nitrogens with zero attached hydrogens (tertiary/aromatic N) is 1. The Morgan fingerprint density at radius 2 is 2.11 bits per heavy atom. The third kappa shape index (κ3) is 2.15. The fourth-order valence-electron chi connectivity index (χ4n) is 2.26. The Hall–Kier alpha value is -1.40. The average Bonchev–Trinajstić information content (AvgIpc) is 2.90. The van der Waals surface area contributed by atoms with Crippen molar-refractivity contribution in [2.45, 2.75) is 13.3 Å². The second-order valence-electron chi connectivity index (χ2n) is 4.70. The average molecular weight is 295 g/mol. The van der Waals surface area contributed by atoms with Crippen LogP contribution in [0.1, 0.15) is 21.7 Å². The molecule has 1 fully saturated rings. The van der Waals surface area contributed by atoms with Gasteiger partial charge in [0.2, 0.25) is 10.0 Å². The summed E-state index contributed by atoms with van der Waals surface area (Å²) in [4.78, 5) is 12.8. The molecule has 0 atom stereocenters. The van der Waals surface area contributed by atoms with Crippen molar-refractivity contribution < 1.29 is 13.2 Å². The maximum Gasteiger partial charge on any atom is 0.277 e. The smallest absolute Gasteiger partial charge is 0.267 e. The largest absolute Gasteiger partial charge is 0.277 e. The number of fused-ring (bicyclic) bond motifs is 1. The lowest BCUT2D eigenvalue weighted by atomic mass is 10.2. The minimum Gasteiger partial charge on any atom is -0.267 e. The number of hydrogen-bond donors (Lipinski definition) is 0. The number of sulfonamides is 1. The van der Waals surface area contributed by atoms with Gasteiger partial charge in [-0.25, -0.2) is 12.7 Å². The molecule has 1 aliphatic rings. The SMILES string of the molecule is Cc1ccc2sc(C(=O)N3CCCS3(=O)=O)cc2c1. The van der Waals surface area contributed by atoms with Gasteiger partial charge in [0.25, 0.3) is 5.91 Å². The third-order valence-corrected chi connectivity index (χ3v) is 6.14. The quantitative estimate of drug-likeness (QED) is 0.811. The molecule has 100 valence electrons. The number of benzene rings is 1. The number of carbonyl (C=O) groups excluding carboxylic acids is 1. The molecule has 1 saturated heterocycles. The van der Waals surface area contributed by atoms with Crippen LogP contribution < -0.4 is 0 Å². The summed E-state index contributed by atoms with van der Waals surface area (Å²) in [6, 6.07) is 7.73. The van der Waals surface area contributed by atoms with Crippen LogP contribution in [0.3, 0.4) is 0 Å². The topological polar surface area (TPSA) is 54.5 Å². The van der Waals surface area contributed by atoms with Crippen LogP contribution in [0, 0.1) is 6.92 Å². The van der Waals surface area contributed by atoms with E-state index in [-0.39, 0.29) is 5.75 Å². The molecular weight excluding hydrogens is 282 g/mol. The van der Waals surface area contributed by atoms with Crippen LogP contribution in [0.5, 0.6) is 0 Å². The molecule has 0 saturated carbocycles. The van der Waals surface area contributed by atoms with E-state index in [9.17, 15) is 13.2 Å². The summed E-state index contributed by atoms with van der Waals surface area (Å²) < 4.78 is 25.5. The molecule has 0 aliphatic carbocycles. The third-order valence-electron chi connectivity index (χ3n) is 3.21. The zero-order valence-electron chi connectivity index (χ0n) is 10.4. The van der Waals surface area contributed by atoms with Gasteiger partial charge >= 0.3 is 0 Å². The van der Waals surface area contributed by atoms with Gasteiger partial charge in [0, 0.05) is 11.2 Å². The van der Waals surface area contributed by atoms with Gasteiger partial charge in [-0.3, -0.25) is 4.79 Å². The maximum absolute atomic E-state index is 12.3. The zero-order chi connectivity index (χ0) is 13.6. The molecule has 0 spiro atoms. The number of hydrogen-bond acceptors (Lipinski definition) is 4. The molecule has 19 heavy (non-hydrogen) atoms. The number of aryl methyl sites for hydroxylation is 1. The molecule has 1 aromatic heterocycles. The molecule has 3 rings (SSSR count). The predicted molar refractivity (Wildman–Crippen MR) is 76.0 cm³/mol. The van der Waals surface area contributed by atoms with E-state index in [0.29, 0.717) is 17.8 Å². The highest BCUT2D eigenvalue weighted by atomic mass is 32.2. The first-order valence-electron chi connectivity index (χ1n) is 6.02. The van der Waals surface area contributed by atoms with E-state index < -0.39 is 15.9 Å². The van der Waals surface area contributed by atoms with Gasteiger partial charge in [0.1, 0.15) is 0 Å². The van der Waals surface area contributed by atoms with E-state index in [1.807, 2.05) is 25.1 Å². The summed E-state index contributed by atoms with van der Waals surface area (Å²) in [6.45, 7) is 2.29. The number of amides is 1. The molecular formula is C13H13NO3S2. The lowest BCUT2D eigenvalue weighted by Gasteiger charge is -2.12. The summed E-state index contributed by atoms with van der Waals surface area (Å²) >= 11 is 1.35. The Morgan fingerprint density at radius 1 is 1.32 bits per heavy atom. The Balaban J connectivity index is 2.02. The van der Waals surface area contributed by atoms with Crippen molar-refractivity contribution in [3.63, 3.8) is 0 Å². The predicted octanol–water partition coefficient (Wildman–Crippen LogP) is 2.39. The Kier molecular flexibility index (Phi) is 2.87. The van der Waals surface area contributed by atoms with Gasteiger partial charge in [0.05, 0.1) is 10.6 Å². The van der Waals surface area contributed by atoms with Crippen LogP contribution in [0.25, 0.3) is 10.1 Å². The summed E-state index contributed by atoms with van der Waals surface area (Å²) in [5.74, 6) is -0.320. The molecule has 1 aliphatic heterocycles. The first kappa shape index (κ1) is 12.6. The molecule has 0 unspecified atom stereocenters. The second-order valence-corrected chi connectivity index (χ2v) is 7.80. The Morgan fingerprint density at radius 3 is 2.79 bits per heavy atom. The van der Waals surface area contributed by atoms with Crippen molar-refractivity contribution in [3.8, 4) is 0 Å². The highest BCUT2D eigenvalue weighted by molar-refractivity contribution is 7.89. The second kappa shape index (κ2) is 4.31. The van der Waals surface area contributed by atoms with Crippen LogP contribution >= 0.6 is 11.3 Å². The number of thiophene rings is 1. The molecule has 0 radical (unpaired) electrons. The van der Waals surface area contributed by atoms with Crippen LogP contribution in [-0.4, -0.2) is 30.9 Å². The zero-order valence-corrected chi connectivity index (χ0v) is 12.1. The lowest BCUT2D eigenvalue weighted by molar-refractivity contribution is 0.0874.